The first-order chi connectivity index (χ1) is 11.6. The highest BCUT2D eigenvalue weighted by Gasteiger charge is 2.24. The number of hydrogen-bond donors (Lipinski definition) is 0. The molecule has 1 atom stereocenters. The summed E-state index contributed by atoms with van der Waals surface area (Å²) in [5.41, 5.74) is 1.14. The fourth-order valence-electron chi connectivity index (χ4n) is 3.35. The zero-order valence-corrected chi connectivity index (χ0v) is 14.8. The third-order valence-electron chi connectivity index (χ3n) is 4.97. The standard InChI is InChI=1S/C19H28N2O3/c1-15(19(22)21-9-5-3-4-6-10-21)20(2)14-16-7-8-17-18(13-16)24-12-11-23-17/h7-8,13,15H,3-6,9-12,14H2,1-2H3. The van der Waals surface area contributed by atoms with Crippen LogP contribution in [0.1, 0.15) is 38.2 Å². The summed E-state index contributed by atoms with van der Waals surface area (Å²) >= 11 is 0. The highest BCUT2D eigenvalue weighted by molar-refractivity contribution is 5.81. The summed E-state index contributed by atoms with van der Waals surface area (Å²) in [4.78, 5) is 16.9. The van der Waals surface area contributed by atoms with E-state index in [1.807, 2.05) is 37.1 Å². The van der Waals surface area contributed by atoms with Crippen molar-refractivity contribution in [3.05, 3.63) is 23.8 Å². The molecule has 5 nitrogen and oxygen atoms in total. The number of amides is 1. The van der Waals surface area contributed by atoms with E-state index in [1.54, 1.807) is 0 Å². The fourth-order valence-corrected chi connectivity index (χ4v) is 3.35. The zero-order chi connectivity index (χ0) is 16.9. The predicted molar refractivity (Wildman–Crippen MR) is 93.4 cm³/mol. The van der Waals surface area contributed by atoms with Crippen LogP contribution in [0.2, 0.25) is 0 Å². The number of fused-ring (bicyclic) bond motifs is 1. The van der Waals surface area contributed by atoms with Gasteiger partial charge in [0.05, 0.1) is 6.04 Å². The highest BCUT2D eigenvalue weighted by Crippen LogP contribution is 2.31. The van der Waals surface area contributed by atoms with Crippen molar-refractivity contribution < 1.29 is 14.3 Å². The number of rotatable bonds is 4. The number of likely N-dealkylation sites (N-methyl/N-ethyl adjacent to an activating group) is 1. The topological polar surface area (TPSA) is 42.0 Å². The molecule has 0 aliphatic carbocycles. The molecule has 0 spiro atoms. The van der Waals surface area contributed by atoms with Crippen molar-refractivity contribution in [2.24, 2.45) is 0 Å². The molecule has 2 aliphatic heterocycles. The number of carbonyl (C=O) groups is 1. The molecular formula is C19H28N2O3. The molecule has 1 fully saturated rings. The normalized spacial score (nSPS) is 19.0. The Bertz CT molecular complexity index is 568. The molecule has 2 heterocycles. The molecule has 0 bridgehead atoms. The van der Waals surface area contributed by atoms with E-state index in [4.69, 9.17) is 9.47 Å². The Morgan fingerprint density at radius 1 is 1.12 bits per heavy atom. The van der Waals surface area contributed by atoms with E-state index in [9.17, 15) is 4.79 Å². The quantitative estimate of drug-likeness (QED) is 0.850. The molecule has 1 aromatic rings. The second kappa shape index (κ2) is 7.88. The van der Waals surface area contributed by atoms with Crippen molar-refractivity contribution in [1.82, 2.24) is 9.80 Å². The third-order valence-corrected chi connectivity index (χ3v) is 4.97. The van der Waals surface area contributed by atoms with Crippen molar-refractivity contribution in [3.8, 4) is 11.5 Å². The summed E-state index contributed by atoms with van der Waals surface area (Å²) in [6, 6.07) is 5.91. The maximum absolute atomic E-state index is 12.8. The summed E-state index contributed by atoms with van der Waals surface area (Å²) in [6.45, 7) is 5.73. The van der Waals surface area contributed by atoms with Crippen LogP contribution in [-0.4, -0.2) is 55.1 Å². The summed E-state index contributed by atoms with van der Waals surface area (Å²) < 4.78 is 11.2. The zero-order valence-electron chi connectivity index (χ0n) is 14.8. The van der Waals surface area contributed by atoms with Gasteiger partial charge in [-0.25, -0.2) is 0 Å². The van der Waals surface area contributed by atoms with Crippen LogP contribution in [0.4, 0.5) is 0 Å². The smallest absolute Gasteiger partial charge is 0.239 e. The van der Waals surface area contributed by atoms with Crippen molar-refractivity contribution in [2.75, 3.05) is 33.4 Å². The number of nitrogens with zero attached hydrogens (tertiary/aromatic N) is 2. The maximum Gasteiger partial charge on any atom is 0.239 e. The van der Waals surface area contributed by atoms with Gasteiger partial charge in [0.2, 0.25) is 5.91 Å². The summed E-state index contributed by atoms with van der Waals surface area (Å²) in [5.74, 6) is 1.86. The Hall–Kier alpha value is -1.75. The van der Waals surface area contributed by atoms with Gasteiger partial charge in [0.15, 0.2) is 11.5 Å². The first-order valence-corrected chi connectivity index (χ1v) is 9.03. The maximum atomic E-state index is 12.8. The number of likely N-dealkylation sites (tertiary alicyclic amines) is 1. The van der Waals surface area contributed by atoms with E-state index in [0.717, 1.165) is 49.5 Å². The number of hydrogen-bond acceptors (Lipinski definition) is 4. The van der Waals surface area contributed by atoms with E-state index in [0.29, 0.717) is 13.2 Å². The first-order valence-electron chi connectivity index (χ1n) is 9.03. The SMILES string of the molecule is CC(C(=O)N1CCCCCC1)N(C)Cc1ccc2c(c1)OCCO2. The van der Waals surface area contributed by atoms with E-state index in [-0.39, 0.29) is 11.9 Å². The average molecular weight is 332 g/mol. The molecule has 132 valence electrons. The summed E-state index contributed by atoms with van der Waals surface area (Å²) in [7, 11) is 2.01. The lowest BCUT2D eigenvalue weighted by Crippen LogP contribution is -2.45. The lowest BCUT2D eigenvalue weighted by molar-refractivity contribution is -0.136. The molecule has 1 amide bonds. The highest BCUT2D eigenvalue weighted by atomic mass is 16.6. The Morgan fingerprint density at radius 2 is 1.79 bits per heavy atom. The molecule has 1 aromatic carbocycles. The second-order valence-electron chi connectivity index (χ2n) is 6.81. The van der Waals surface area contributed by atoms with Crippen LogP contribution in [0.5, 0.6) is 11.5 Å². The number of ether oxygens (including phenoxy) is 2. The summed E-state index contributed by atoms with van der Waals surface area (Å²) in [6.07, 6.45) is 4.74. The van der Waals surface area contributed by atoms with E-state index < -0.39 is 0 Å². The average Bonchev–Trinajstić information content (AvgIpc) is 2.89. The molecule has 24 heavy (non-hydrogen) atoms. The lowest BCUT2D eigenvalue weighted by atomic mass is 10.1. The largest absolute Gasteiger partial charge is 0.486 e. The van der Waals surface area contributed by atoms with Crippen LogP contribution in [-0.2, 0) is 11.3 Å². The summed E-state index contributed by atoms with van der Waals surface area (Å²) in [5, 5.41) is 0. The molecule has 1 unspecified atom stereocenters. The molecule has 0 radical (unpaired) electrons. The van der Waals surface area contributed by atoms with Crippen LogP contribution in [0.25, 0.3) is 0 Å². The van der Waals surface area contributed by atoms with Crippen LogP contribution in [0, 0.1) is 0 Å². The fraction of sp³-hybridized carbons (Fsp3) is 0.632. The molecule has 3 rings (SSSR count). The van der Waals surface area contributed by atoms with Gasteiger partial charge in [-0.2, -0.15) is 0 Å². The Labute approximate surface area is 144 Å². The molecule has 5 heteroatoms. The number of carbonyl (C=O) groups excluding carboxylic acids is 1. The van der Waals surface area contributed by atoms with E-state index in [2.05, 4.69) is 4.90 Å². The van der Waals surface area contributed by atoms with Crippen LogP contribution in [0.3, 0.4) is 0 Å². The Morgan fingerprint density at radius 3 is 2.50 bits per heavy atom. The molecular weight excluding hydrogens is 304 g/mol. The number of benzene rings is 1. The molecule has 1 saturated heterocycles. The van der Waals surface area contributed by atoms with Crippen molar-refractivity contribution in [2.45, 2.75) is 45.2 Å². The van der Waals surface area contributed by atoms with Gasteiger partial charge < -0.3 is 14.4 Å². The van der Waals surface area contributed by atoms with Gasteiger partial charge in [0.25, 0.3) is 0 Å². The third kappa shape index (κ3) is 4.01. The first kappa shape index (κ1) is 17.1. The van der Waals surface area contributed by atoms with Crippen molar-refractivity contribution in [3.63, 3.8) is 0 Å². The molecule has 0 aromatic heterocycles. The minimum Gasteiger partial charge on any atom is -0.486 e. The van der Waals surface area contributed by atoms with Crippen LogP contribution >= 0.6 is 0 Å². The Kier molecular flexibility index (Phi) is 5.61. The van der Waals surface area contributed by atoms with Gasteiger partial charge >= 0.3 is 0 Å². The van der Waals surface area contributed by atoms with Crippen molar-refractivity contribution in [1.29, 1.82) is 0 Å². The van der Waals surface area contributed by atoms with Crippen LogP contribution < -0.4 is 9.47 Å². The molecule has 0 saturated carbocycles. The van der Waals surface area contributed by atoms with E-state index >= 15 is 0 Å². The monoisotopic (exact) mass is 332 g/mol. The van der Waals surface area contributed by atoms with Crippen LogP contribution in [0.15, 0.2) is 18.2 Å². The van der Waals surface area contributed by atoms with Gasteiger partial charge in [0.1, 0.15) is 13.2 Å². The van der Waals surface area contributed by atoms with E-state index in [1.165, 1.54) is 12.8 Å². The van der Waals surface area contributed by atoms with Gasteiger partial charge in [-0.05, 0) is 44.5 Å². The van der Waals surface area contributed by atoms with Crippen molar-refractivity contribution >= 4 is 5.91 Å². The van der Waals surface area contributed by atoms with Gasteiger partial charge in [-0.3, -0.25) is 9.69 Å². The minimum absolute atomic E-state index is 0.115. The van der Waals surface area contributed by atoms with Gasteiger partial charge in [-0.15, -0.1) is 0 Å². The lowest BCUT2D eigenvalue weighted by Gasteiger charge is -2.30. The molecule has 0 N–H and O–H groups in total. The van der Waals surface area contributed by atoms with Gasteiger partial charge in [0, 0.05) is 19.6 Å². The Balaban J connectivity index is 1.61. The minimum atomic E-state index is -0.115. The molecule has 2 aliphatic rings. The second-order valence-corrected chi connectivity index (χ2v) is 6.81. The predicted octanol–water partition coefficient (Wildman–Crippen LogP) is 2.68. The van der Waals surface area contributed by atoms with Gasteiger partial charge in [-0.1, -0.05) is 18.9 Å².